The van der Waals surface area contributed by atoms with E-state index in [1.54, 1.807) is 0 Å². The molecular weight excluding hydrogens is 376 g/mol. The standard InChI is InChI=1S/C21H32N4O2.ClH/c1-22-10-7-16-8-11-25(12-9-16)15-20(26)23-14-17-3-2-4-18(13-17)21(27)24-19-5-6-19;/h2-4,13,16,19,22H,5-12,14-15H2,1H3,(H,23,26)(H,24,27);1H. The Morgan fingerprint density at radius 3 is 2.57 bits per heavy atom. The average molecular weight is 409 g/mol. The first kappa shape index (κ1) is 22.7. The number of hydrogen-bond donors (Lipinski definition) is 3. The number of likely N-dealkylation sites (tertiary alicyclic amines) is 1. The molecule has 2 amide bonds. The third-order valence-electron chi connectivity index (χ3n) is 5.47. The molecule has 3 rings (SSSR count). The number of piperidine rings is 1. The molecule has 0 atom stereocenters. The van der Waals surface area contributed by atoms with Crippen LogP contribution in [0.2, 0.25) is 0 Å². The predicted octanol–water partition coefficient (Wildman–Crippen LogP) is 1.94. The Hall–Kier alpha value is -1.63. The molecule has 6 nitrogen and oxygen atoms in total. The van der Waals surface area contributed by atoms with Crippen LogP contribution in [-0.4, -0.2) is 56.0 Å². The van der Waals surface area contributed by atoms with Gasteiger partial charge in [0.2, 0.25) is 5.91 Å². The third-order valence-corrected chi connectivity index (χ3v) is 5.47. The van der Waals surface area contributed by atoms with Crippen molar-refractivity contribution in [3.05, 3.63) is 35.4 Å². The zero-order chi connectivity index (χ0) is 19.1. The van der Waals surface area contributed by atoms with Crippen molar-refractivity contribution in [1.82, 2.24) is 20.9 Å². The van der Waals surface area contributed by atoms with Gasteiger partial charge in [0.1, 0.15) is 0 Å². The quantitative estimate of drug-likeness (QED) is 0.583. The molecule has 0 bridgehead atoms. The van der Waals surface area contributed by atoms with E-state index >= 15 is 0 Å². The first-order chi connectivity index (χ1) is 13.1. The Morgan fingerprint density at radius 1 is 1.14 bits per heavy atom. The fourth-order valence-corrected chi connectivity index (χ4v) is 3.56. The van der Waals surface area contributed by atoms with Gasteiger partial charge in [-0.25, -0.2) is 0 Å². The van der Waals surface area contributed by atoms with Crippen molar-refractivity contribution in [1.29, 1.82) is 0 Å². The summed E-state index contributed by atoms with van der Waals surface area (Å²) in [6, 6.07) is 7.86. The number of amides is 2. The summed E-state index contributed by atoms with van der Waals surface area (Å²) >= 11 is 0. The van der Waals surface area contributed by atoms with Crippen molar-refractivity contribution >= 4 is 24.2 Å². The highest BCUT2D eigenvalue weighted by atomic mass is 35.5. The molecule has 1 saturated heterocycles. The lowest BCUT2D eigenvalue weighted by Crippen LogP contribution is -2.41. The lowest BCUT2D eigenvalue weighted by molar-refractivity contribution is -0.122. The van der Waals surface area contributed by atoms with Gasteiger partial charge >= 0.3 is 0 Å². The van der Waals surface area contributed by atoms with Crippen LogP contribution in [0.25, 0.3) is 0 Å². The van der Waals surface area contributed by atoms with Crippen molar-refractivity contribution in [3.8, 4) is 0 Å². The molecule has 2 aliphatic rings. The molecule has 2 fully saturated rings. The minimum absolute atomic E-state index is 0. The molecule has 1 aromatic rings. The number of rotatable bonds is 9. The monoisotopic (exact) mass is 408 g/mol. The molecular formula is C21H33ClN4O2. The molecule has 156 valence electrons. The highest BCUT2D eigenvalue weighted by molar-refractivity contribution is 5.94. The lowest BCUT2D eigenvalue weighted by Gasteiger charge is -2.31. The zero-order valence-electron chi connectivity index (χ0n) is 16.7. The van der Waals surface area contributed by atoms with Gasteiger partial charge in [-0.1, -0.05) is 12.1 Å². The van der Waals surface area contributed by atoms with Crippen LogP contribution in [0.5, 0.6) is 0 Å². The maximum absolute atomic E-state index is 12.3. The summed E-state index contributed by atoms with van der Waals surface area (Å²) in [4.78, 5) is 26.6. The predicted molar refractivity (Wildman–Crippen MR) is 114 cm³/mol. The molecule has 1 aliphatic heterocycles. The van der Waals surface area contributed by atoms with Gasteiger partial charge in [-0.2, -0.15) is 0 Å². The van der Waals surface area contributed by atoms with Gasteiger partial charge in [0.05, 0.1) is 6.54 Å². The van der Waals surface area contributed by atoms with Crippen molar-refractivity contribution < 1.29 is 9.59 Å². The fraction of sp³-hybridized carbons (Fsp3) is 0.619. The first-order valence-corrected chi connectivity index (χ1v) is 10.2. The van der Waals surface area contributed by atoms with E-state index in [0.29, 0.717) is 24.7 Å². The molecule has 1 saturated carbocycles. The van der Waals surface area contributed by atoms with Crippen molar-refractivity contribution in [2.75, 3.05) is 33.2 Å². The maximum atomic E-state index is 12.3. The Kier molecular flexibility index (Phi) is 9.22. The van der Waals surface area contributed by atoms with Crippen LogP contribution in [0.3, 0.4) is 0 Å². The summed E-state index contributed by atoms with van der Waals surface area (Å²) in [6.45, 7) is 3.99. The Balaban J connectivity index is 0.00000280. The van der Waals surface area contributed by atoms with Crippen LogP contribution in [-0.2, 0) is 11.3 Å². The van der Waals surface area contributed by atoms with Crippen LogP contribution in [0.15, 0.2) is 24.3 Å². The van der Waals surface area contributed by atoms with Gasteiger partial charge in [0.25, 0.3) is 5.91 Å². The van der Waals surface area contributed by atoms with Gasteiger partial charge in [0.15, 0.2) is 0 Å². The van der Waals surface area contributed by atoms with Crippen molar-refractivity contribution in [2.24, 2.45) is 5.92 Å². The van der Waals surface area contributed by atoms with E-state index in [-0.39, 0.29) is 24.2 Å². The van der Waals surface area contributed by atoms with E-state index in [4.69, 9.17) is 0 Å². The topological polar surface area (TPSA) is 73.5 Å². The summed E-state index contributed by atoms with van der Waals surface area (Å²) in [5.41, 5.74) is 1.62. The second kappa shape index (κ2) is 11.4. The van der Waals surface area contributed by atoms with Gasteiger partial charge in [0, 0.05) is 18.2 Å². The van der Waals surface area contributed by atoms with E-state index in [1.165, 1.54) is 19.3 Å². The van der Waals surface area contributed by atoms with Gasteiger partial charge in [-0.3, -0.25) is 14.5 Å². The average Bonchev–Trinajstić information content (AvgIpc) is 3.50. The first-order valence-electron chi connectivity index (χ1n) is 10.2. The number of nitrogens with zero attached hydrogens (tertiary/aromatic N) is 1. The maximum Gasteiger partial charge on any atom is 0.251 e. The molecule has 0 unspecified atom stereocenters. The number of carbonyl (C=O) groups excluding carboxylic acids is 2. The molecule has 1 aromatic carbocycles. The minimum Gasteiger partial charge on any atom is -0.351 e. The van der Waals surface area contributed by atoms with E-state index in [9.17, 15) is 9.59 Å². The molecule has 0 radical (unpaired) electrons. The minimum atomic E-state index is -0.0215. The third kappa shape index (κ3) is 7.41. The van der Waals surface area contributed by atoms with E-state index < -0.39 is 0 Å². The zero-order valence-corrected chi connectivity index (χ0v) is 17.5. The summed E-state index contributed by atoms with van der Waals surface area (Å²) in [6.07, 6.45) is 5.73. The van der Waals surface area contributed by atoms with E-state index in [0.717, 1.165) is 44.0 Å². The molecule has 3 N–H and O–H groups in total. The van der Waals surface area contributed by atoms with Crippen LogP contribution >= 0.6 is 12.4 Å². The SMILES string of the molecule is CNCCC1CCN(CC(=O)NCc2cccc(C(=O)NC3CC3)c2)CC1.Cl. The van der Waals surface area contributed by atoms with Crippen molar-refractivity contribution in [2.45, 2.75) is 44.7 Å². The summed E-state index contributed by atoms with van der Waals surface area (Å²) < 4.78 is 0. The molecule has 0 spiro atoms. The number of hydrogen-bond acceptors (Lipinski definition) is 4. The summed E-state index contributed by atoms with van der Waals surface area (Å²) in [5.74, 6) is 0.810. The highest BCUT2D eigenvalue weighted by Crippen LogP contribution is 2.20. The highest BCUT2D eigenvalue weighted by Gasteiger charge is 2.24. The summed E-state index contributed by atoms with van der Waals surface area (Å²) in [5, 5.41) is 9.20. The number of benzene rings is 1. The number of halogens is 1. The van der Waals surface area contributed by atoms with Crippen LogP contribution in [0.1, 0.15) is 48.0 Å². The molecule has 1 aliphatic carbocycles. The number of carbonyl (C=O) groups is 2. The second-order valence-electron chi connectivity index (χ2n) is 7.84. The van der Waals surface area contributed by atoms with Gasteiger partial charge < -0.3 is 16.0 Å². The molecule has 7 heteroatoms. The Bertz CT molecular complexity index is 643. The largest absolute Gasteiger partial charge is 0.351 e. The van der Waals surface area contributed by atoms with Crippen molar-refractivity contribution in [3.63, 3.8) is 0 Å². The van der Waals surface area contributed by atoms with E-state index in [1.807, 2.05) is 31.3 Å². The van der Waals surface area contributed by atoms with Crippen LogP contribution in [0.4, 0.5) is 0 Å². The van der Waals surface area contributed by atoms with E-state index in [2.05, 4.69) is 20.9 Å². The van der Waals surface area contributed by atoms with Crippen LogP contribution in [0, 0.1) is 5.92 Å². The molecule has 0 aromatic heterocycles. The molecule has 1 heterocycles. The second-order valence-corrected chi connectivity index (χ2v) is 7.84. The fourth-order valence-electron chi connectivity index (χ4n) is 3.56. The van der Waals surface area contributed by atoms with Gasteiger partial charge in [-0.15, -0.1) is 12.4 Å². The van der Waals surface area contributed by atoms with Gasteiger partial charge in [-0.05, 0) is 82.4 Å². The normalized spacial score (nSPS) is 17.6. The smallest absolute Gasteiger partial charge is 0.251 e. The summed E-state index contributed by atoms with van der Waals surface area (Å²) in [7, 11) is 1.99. The number of nitrogens with one attached hydrogen (secondary N) is 3. The lowest BCUT2D eigenvalue weighted by atomic mass is 9.93. The Morgan fingerprint density at radius 2 is 1.89 bits per heavy atom. The Labute approximate surface area is 174 Å². The molecule has 28 heavy (non-hydrogen) atoms. The van der Waals surface area contributed by atoms with Crippen LogP contribution < -0.4 is 16.0 Å².